The number of aryl methyl sites for hydroxylation is 1. The molecule has 0 aliphatic rings. The summed E-state index contributed by atoms with van der Waals surface area (Å²) in [5.74, 6) is 1.03. The van der Waals surface area contributed by atoms with E-state index < -0.39 is 10.0 Å². The molecule has 0 saturated heterocycles. The Morgan fingerprint density at radius 2 is 1.74 bits per heavy atom. The maximum Gasteiger partial charge on any atom is 0.255 e. The van der Waals surface area contributed by atoms with Crippen molar-refractivity contribution < 1.29 is 22.7 Å². The van der Waals surface area contributed by atoms with Crippen molar-refractivity contribution in [2.45, 2.75) is 25.3 Å². The van der Waals surface area contributed by atoms with Gasteiger partial charge in [0.05, 0.1) is 11.5 Å². The van der Waals surface area contributed by atoms with Crippen LogP contribution in [0.5, 0.6) is 11.5 Å². The number of anilines is 1. The number of nitrogens with two attached hydrogens (primary N) is 1. The Balaban J connectivity index is 1.77. The minimum atomic E-state index is -3.79. The molecule has 0 heterocycles. The topological polar surface area (TPSA) is 108 Å². The SMILES string of the molecule is CCOc1ccc(C(=O)Nc2ccc(S(N)(=O)=O)cc2)cc1COc1cccc(C)c1. The van der Waals surface area contributed by atoms with Crippen molar-refractivity contribution in [2.75, 3.05) is 11.9 Å². The van der Waals surface area contributed by atoms with Gasteiger partial charge >= 0.3 is 0 Å². The summed E-state index contributed by atoms with van der Waals surface area (Å²) in [5, 5.41) is 7.84. The van der Waals surface area contributed by atoms with Gasteiger partial charge < -0.3 is 14.8 Å². The molecular weight excluding hydrogens is 416 g/mol. The van der Waals surface area contributed by atoms with E-state index in [1.807, 2.05) is 38.1 Å². The zero-order valence-electron chi connectivity index (χ0n) is 17.3. The number of benzene rings is 3. The van der Waals surface area contributed by atoms with Crippen LogP contribution in [-0.4, -0.2) is 20.9 Å². The molecule has 162 valence electrons. The van der Waals surface area contributed by atoms with Crippen LogP contribution in [0.3, 0.4) is 0 Å². The van der Waals surface area contributed by atoms with Crippen molar-refractivity contribution in [3.8, 4) is 11.5 Å². The van der Waals surface area contributed by atoms with Crippen LogP contribution >= 0.6 is 0 Å². The van der Waals surface area contributed by atoms with E-state index in [9.17, 15) is 13.2 Å². The molecule has 3 N–H and O–H groups in total. The number of carbonyl (C=O) groups is 1. The van der Waals surface area contributed by atoms with Gasteiger partial charge in [-0.15, -0.1) is 0 Å². The Morgan fingerprint density at radius 1 is 1.00 bits per heavy atom. The van der Waals surface area contributed by atoms with Gasteiger partial charge in [0, 0.05) is 16.8 Å². The monoisotopic (exact) mass is 440 g/mol. The Kier molecular flexibility index (Phi) is 6.94. The van der Waals surface area contributed by atoms with Crippen molar-refractivity contribution in [1.82, 2.24) is 0 Å². The molecule has 0 aliphatic heterocycles. The number of nitrogens with one attached hydrogen (secondary N) is 1. The quantitative estimate of drug-likeness (QED) is 0.553. The van der Waals surface area contributed by atoms with Gasteiger partial charge in [-0.3, -0.25) is 4.79 Å². The maximum absolute atomic E-state index is 12.7. The summed E-state index contributed by atoms with van der Waals surface area (Å²) >= 11 is 0. The summed E-state index contributed by atoms with van der Waals surface area (Å²) < 4.78 is 34.3. The molecule has 0 spiro atoms. The zero-order valence-corrected chi connectivity index (χ0v) is 18.1. The third-order valence-corrected chi connectivity index (χ3v) is 5.38. The van der Waals surface area contributed by atoms with Crippen LogP contribution in [0.1, 0.15) is 28.4 Å². The molecule has 0 fully saturated rings. The summed E-state index contributed by atoms with van der Waals surface area (Å²) in [6.07, 6.45) is 0. The molecule has 0 radical (unpaired) electrons. The highest BCUT2D eigenvalue weighted by Gasteiger charge is 2.13. The highest BCUT2D eigenvalue weighted by Crippen LogP contribution is 2.24. The molecule has 31 heavy (non-hydrogen) atoms. The molecule has 0 aromatic heterocycles. The number of ether oxygens (including phenoxy) is 2. The average molecular weight is 441 g/mol. The molecule has 0 unspecified atom stereocenters. The normalized spacial score (nSPS) is 11.1. The summed E-state index contributed by atoms with van der Waals surface area (Å²) in [6, 6.07) is 18.5. The Morgan fingerprint density at radius 3 is 2.39 bits per heavy atom. The van der Waals surface area contributed by atoms with Gasteiger partial charge in [0.2, 0.25) is 10.0 Å². The van der Waals surface area contributed by atoms with Crippen molar-refractivity contribution in [3.63, 3.8) is 0 Å². The predicted octanol–water partition coefficient (Wildman–Crippen LogP) is 3.87. The van der Waals surface area contributed by atoms with Crippen molar-refractivity contribution >= 4 is 21.6 Å². The van der Waals surface area contributed by atoms with Crippen molar-refractivity contribution in [1.29, 1.82) is 0 Å². The van der Waals surface area contributed by atoms with E-state index >= 15 is 0 Å². The highest BCUT2D eigenvalue weighted by atomic mass is 32.2. The Labute approximate surface area is 181 Å². The largest absolute Gasteiger partial charge is 0.493 e. The van der Waals surface area contributed by atoms with Crippen LogP contribution in [0, 0.1) is 6.92 Å². The number of primary sulfonamides is 1. The summed E-state index contributed by atoms with van der Waals surface area (Å²) in [5.41, 5.74) is 2.69. The number of rotatable bonds is 8. The zero-order chi connectivity index (χ0) is 22.4. The molecule has 1 amide bonds. The van der Waals surface area contributed by atoms with Gasteiger partial charge in [-0.1, -0.05) is 12.1 Å². The molecule has 3 aromatic rings. The minimum Gasteiger partial charge on any atom is -0.493 e. The molecule has 3 aromatic carbocycles. The molecule has 0 bridgehead atoms. The number of hydrogen-bond donors (Lipinski definition) is 2. The van der Waals surface area contributed by atoms with E-state index in [0.717, 1.165) is 16.9 Å². The standard InChI is InChI=1S/C23H24N2O5S/c1-3-29-22-12-7-17(14-18(22)15-30-20-6-4-5-16(2)13-20)23(26)25-19-8-10-21(11-9-19)31(24,27)28/h4-14H,3,15H2,1-2H3,(H,25,26)(H2,24,27,28). The first-order valence-corrected chi connectivity index (χ1v) is 11.2. The number of carbonyl (C=O) groups excluding carboxylic acids is 1. The highest BCUT2D eigenvalue weighted by molar-refractivity contribution is 7.89. The molecule has 7 nitrogen and oxygen atoms in total. The first-order chi connectivity index (χ1) is 14.8. The predicted molar refractivity (Wildman–Crippen MR) is 119 cm³/mol. The lowest BCUT2D eigenvalue weighted by molar-refractivity contribution is 0.102. The Hall–Kier alpha value is -3.36. The van der Waals surface area contributed by atoms with Gasteiger partial charge in [0.15, 0.2) is 0 Å². The second-order valence-corrected chi connectivity index (χ2v) is 8.45. The number of hydrogen-bond acceptors (Lipinski definition) is 5. The van der Waals surface area contributed by atoms with E-state index in [1.54, 1.807) is 18.2 Å². The second kappa shape index (κ2) is 9.63. The lowest BCUT2D eigenvalue weighted by Gasteiger charge is -2.14. The number of sulfonamides is 1. The van der Waals surface area contributed by atoms with Crippen LogP contribution in [0.15, 0.2) is 71.6 Å². The third kappa shape index (κ3) is 6.07. The van der Waals surface area contributed by atoms with E-state index in [-0.39, 0.29) is 17.4 Å². The van der Waals surface area contributed by atoms with Crippen LogP contribution in [0.4, 0.5) is 5.69 Å². The number of amides is 1. The molecule has 0 atom stereocenters. The minimum absolute atomic E-state index is 0.0258. The molecule has 0 saturated carbocycles. The third-order valence-electron chi connectivity index (χ3n) is 4.45. The summed E-state index contributed by atoms with van der Waals surface area (Å²) in [7, 11) is -3.79. The van der Waals surface area contributed by atoms with Gasteiger partial charge in [0.25, 0.3) is 5.91 Å². The van der Waals surface area contributed by atoms with E-state index in [2.05, 4.69) is 5.32 Å². The van der Waals surface area contributed by atoms with Crippen LogP contribution in [0.25, 0.3) is 0 Å². The summed E-state index contributed by atoms with van der Waals surface area (Å²) in [6.45, 7) is 4.60. The second-order valence-electron chi connectivity index (χ2n) is 6.88. The average Bonchev–Trinajstić information content (AvgIpc) is 2.73. The maximum atomic E-state index is 12.7. The fraction of sp³-hybridized carbons (Fsp3) is 0.174. The van der Waals surface area contributed by atoms with Crippen molar-refractivity contribution in [2.24, 2.45) is 5.14 Å². The van der Waals surface area contributed by atoms with E-state index in [1.165, 1.54) is 24.3 Å². The van der Waals surface area contributed by atoms with Crippen molar-refractivity contribution in [3.05, 3.63) is 83.4 Å². The lowest BCUT2D eigenvalue weighted by atomic mass is 10.1. The molecule has 0 aliphatic carbocycles. The molecular formula is C23H24N2O5S. The van der Waals surface area contributed by atoms with Crippen LogP contribution in [0.2, 0.25) is 0 Å². The fourth-order valence-corrected chi connectivity index (χ4v) is 3.44. The molecule has 3 rings (SSSR count). The summed E-state index contributed by atoms with van der Waals surface area (Å²) in [4.78, 5) is 12.7. The Bertz CT molecular complexity index is 1170. The van der Waals surface area contributed by atoms with Crippen LogP contribution < -0.4 is 19.9 Å². The van der Waals surface area contributed by atoms with E-state index in [0.29, 0.717) is 23.6 Å². The van der Waals surface area contributed by atoms with E-state index in [4.69, 9.17) is 14.6 Å². The van der Waals surface area contributed by atoms with Gasteiger partial charge in [-0.25, -0.2) is 13.6 Å². The van der Waals surface area contributed by atoms with Crippen LogP contribution in [-0.2, 0) is 16.6 Å². The van der Waals surface area contributed by atoms with Gasteiger partial charge in [0.1, 0.15) is 18.1 Å². The molecule has 8 heteroatoms. The van der Waals surface area contributed by atoms with Gasteiger partial charge in [-0.2, -0.15) is 0 Å². The first kappa shape index (κ1) is 22.3. The fourth-order valence-electron chi connectivity index (χ4n) is 2.93. The smallest absolute Gasteiger partial charge is 0.255 e. The lowest BCUT2D eigenvalue weighted by Crippen LogP contribution is -2.14. The van der Waals surface area contributed by atoms with Gasteiger partial charge in [-0.05, 0) is 74.0 Å². The first-order valence-electron chi connectivity index (χ1n) is 9.65.